The fourth-order valence-corrected chi connectivity index (χ4v) is 5.25. The smallest absolute Gasteiger partial charge is 0.320 e. The minimum atomic E-state index is -0.773. The Labute approximate surface area is 168 Å². The van der Waals surface area contributed by atoms with Gasteiger partial charge in [-0.2, -0.15) is 0 Å². The number of carbonyl (C=O) groups is 1. The van der Waals surface area contributed by atoms with Crippen molar-refractivity contribution in [3.8, 4) is 11.5 Å². The van der Waals surface area contributed by atoms with Crippen molar-refractivity contribution in [1.82, 2.24) is 4.90 Å². The number of hydrogen-bond acceptors (Lipinski definition) is 5. The average Bonchev–Trinajstić information content (AvgIpc) is 3.35. The van der Waals surface area contributed by atoms with Gasteiger partial charge in [-0.15, -0.1) is 11.3 Å². The Morgan fingerprint density at radius 1 is 1.18 bits per heavy atom. The second kappa shape index (κ2) is 7.81. The zero-order valence-electron chi connectivity index (χ0n) is 15.9. The minimum absolute atomic E-state index is 0.203. The molecule has 2 atom stereocenters. The van der Waals surface area contributed by atoms with Gasteiger partial charge in [0, 0.05) is 21.7 Å². The van der Waals surface area contributed by atoms with Gasteiger partial charge in [-0.1, -0.05) is 18.2 Å². The van der Waals surface area contributed by atoms with Crippen molar-refractivity contribution in [1.29, 1.82) is 0 Å². The third-order valence-corrected chi connectivity index (χ3v) is 6.52. The van der Waals surface area contributed by atoms with Crippen LogP contribution in [0.25, 0.3) is 10.1 Å². The van der Waals surface area contributed by atoms with Crippen molar-refractivity contribution in [3.63, 3.8) is 0 Å². The standard InChI is InChI=1S/C22H23NO4S/c1-26-15-9-10-18(27-2)16(13-15)21(23-11-5-7-17(23)22(24)25)20-12-14-6-3-4-8-19(14)28-20/h3-4,6,8-10,12-13,17,21H,5,7,11H2,1-2H3,(H,24,25). The molecule has 6 heteroatoms. The SMILES string of the molecule is COc1ccc(OC)c(C(c2cc3ccccc3s2)N2CCCC2C(=O)O)c1. The third kappa shape index (κ3) is 3.34. The van der Waals surface area contributed by atoms with Gasteiger partial charge in [0.25, 0.3) is 0 Å². The zero-order chi connectivity index (χ0) is 19.7. The molecule has 3 aromatic rings. The molecule has 1 saturated heterocycles. The highest BCUT2D eigenvalue weighted by Gasteiger charge is 2.38. The number of methoxy groups -OCH3 is 2. The van der Waals surface area contributed by atoms with E-state index in [9.17, 15) is 9.90 Å². The van der Waals surface area contributed by atoms with Gasteiger partial charge >= 0.3 is 5.97 Å². The Bertz CT molecular complexity index is 966. The van der Waals surface area contributed by atoms with Crippen LogP contribution in [0.15, 0.2) is 48.5 Å². The summed E-state index contributed by atoms with van der Waals surface area (Å²) in [7, 11) is 3.28. The lowest BCUT2D eigenvalue weighted by Crippen LogP contribution is -2.39. The van der Waals surface area contributed by atoms with Crippen LogP contribution in [-0.4, -0.2) is 42.8 Å². The zero-order valence-corrected chi connectivity index (χ0v) is 16.7. The molecule has 2 unspecified atom stereocenters. The summed E-state index contributed by atoms with van der Waals surface area (Å²) in [4.78, 5) is 15.1. The Kier molecular flexibility index (Phi) is 5.24. The fraction of sp³-hybridized carbons (Fsp3) is 0.318. The first-order valence-corrected chi connectivity index (χ1v) is 10.1. The fourth-order valence-electron chi connectivity index (χ4n) is 4.05. The van der Waals surface area contributed by atoms with Crippen LogP contribution >= 0.6 is 11.3 Å². The molecule has 4 rings (SSSR count). The summed E-state index contributed by atoms with van der Waals surface area (Å²) in [6.07, 6.45) is 1.52. The molecule has 0 spiro atoms. The Morgan fingerprint density at radius 3 is 2.71 bits per heavy atom. The number of aliphatic carboxylic acids is 1. The first kappa shape index (κ1) is 18.8. The van der Waals surface area contributed by atoms with E-state index < -0.39 is 12.0 Å². The lowest BCUT2D eigenvalue weighted by Gasteiger charge is -2.32. The molecule has 1 N–H and O–H groups in total. The third-order valence-electron chi connectivity index (χ3n) is 5.36. The van der Waals surface area contributed by atoms with E-state index in [2.05, 4.69) is 23.1 Å². The van der Waals surface area contributed by atoms with Crippen LogP contribution in [0, 0.1) is 0 Å². The first-order valence-electron chi connectivity index (χ1n) is 9.31. The van der Waals surface area contributed by atoms with E-state index in [-0.39, 0.29) is 6.04 Å². The van der Waals surface area contributed by atoms with Crippen LogP contribution in [0.3, 0.4) is 0 Å². The summed E-state index contributed by atoms with van der Waals surface area (Å²) in [6, 6.07) is 15.4. The van der Waals surface area contributed by atoms with Crippen LogP contribution in [0.4, 0.5) is 0 Å². The second-order valence-corrected chi connectivity index (χ2v) is 8.05. The molecule has 5 nitrogen and oxygen atoms in total. The maximum Gasteiger partial charge on any atom is 0.320 e. The first-order chi connectivity index (χ1) is 13.6. The highest BCUT2D eigenvalue weighted by Crippen LogP contribution is 2.44. The minimum Gasteiger partial charge on any atom is -0.497 e. The molecule has 2 aromatic carbocycles. The van der Waals surface area contributed by atoms with E-state index in [4.69, 9.17) is 9.47 Å². The van der Waals surface area contributed by atoms with Gasteiger partial charge in [0.05, 0.1) is 20.3 Å². The van der Waals surface area contributed by atoms with Gasteiger partial charge in [0.1, 0.15) is 17.5 Å². The van der Waals surface area contributed by atoms with Crippen molar-refractivity contribution >= 4 is 27.4 Å². The maximum absolute atomic E-state index is 11.9. The van der Waals surface area contributed by atoms with Gasteiger partial charge in [-0.3, -0.25) is 9.69 Å². The van der Waals surface area contributed by atoms with Crippen molar-refractivity contribution < 1.29 is 19.4 Å². The number of fused-ring (bicyclic) bond motifs is 1. The summed E-state index contributed by atoms with van der Waals surface area (Å²) in [5, 5.41) is 11.0. The van der Waals surface area contributed by atoms with Crippen molar-refractivity contribution in [3.05, 3.63) is 59.0 Å². The van der Waals surface area contributed by atoms with E-state index in [1.54, 1.807) is 25.6 Å². The monoisotopic (exact) mass is 397 g/mol. The molecule has 0 aliphatic carbocycles. The number of thiophene rings is 1. The molecule has 1 fully saturated rings. The number of benzene rings is 2. The number of carboxylic acid groups (broad SMARTS) is 1. The quantitative estimate of drug-likeness (QED) is 0.661. The summed E-state index contributed by atoms with van der Waals surface area (Å²) in [5.74, 6) is 0.692. The maximum atomic E-state index is 11.9. The van der Waals surface area contributed by atoms with Crippen molar-refractivity contribution in [2.45, 2.75) is 24.9 Å². The van der Waals surface area contributed by atoms with Gasteiger partial charge in [-0.25, -0.2) is 0 Å². The normalized spacial score (nSPS) is 18.3. The lowest BCUT2D eigenvalue weighted by molar-refractivity contribution is -0.142. The van der Waals surface area contributed by atoms with Gasteiger partial charge < -0.3 is 14.6 Å². The summed E-state index contributed by atoms with van der Waals surface area (Å²) in [5.41, 5.74) is 0.932. The van der Waals surface area contributed by atoms with Gasteiger partial charge in [0.15, 0.2) is 0 Å². The molecule has 28 heavy (non-hydrogen) atoms. The predicted molar refractivity (Wildman–Crippen MR) is 111 cm³/mol. The van der Waals surface area contributed by atoms with E-state index in [0.717, 1.165) is 34.9 Å². The Hall–Kier alpha value is -2.57. The van der Waals surface area contributed by atoms with E-state index in [1.165, 1.54) is 10.1 Å². The molecule has 0 saturated carbocycles. The Morgan fingerprint density at radius 2 is 2.00 bits per heavy atom. The molecule has 0 amide bonds. The van der Waals surface area contributed by atoms with E-state index in [0.29, 0.717) is 6.42 Å². The van der Waals surface area contributed by atoms with Gasteiger partial charge in [0.2, 0.25) is 0 Å². The van der Waals surface area contributed by atoms with Crippen LogP contribution in [-0.2, 0) is 4.79 Å². The van der Waals surface area contributed by atoms with Crippen LogP contribution in [0.2, 0.25) is 0 Å². The molecular formula is C22H23NO4S. The van der Waals surface area contributed by atoms with Crippen LogP contribution in [0.1, 0.15) is 29.3 Å². The molecule has 146 valence electrons. The summed E-state index contributed by atoms with van der Waals surface area (Å²) in [6.45, 7) is 0.732. The van der Waals surface area contributed by atoms with Gasteiger partial charge in [-0.05, 0) is 48.6 Å². The van der Waals surface area contributed by atoms with Crippen LogP contribution < -0.4 is 9.47 Å². The van der Waals surface area contributed by atoms with E-state index >= 15 is 0 Å². The number of nitrogens with zero attached hydrogens (tertiary/aromatic N) is 1. The highest BCUT2D eigenvalue weighted by molar-refractivity contribution is 7.19. The molecule has 0 radical (unpaired) electrons. The van der Waals surface area contributed by atoms with E-state index in [1.807, 2.05) is 30.3 Å². The summed E-state index contributed by atoms with van der Waals surface area (Å²) < 4.78 is 12.3. The Balaban J connectivity index is 1.90. The second-order valence-electron chi connectivity index (χ2n) is 6.93. The number of hydrogen-bond donors (Lipinski definition) is 1. The number of carboxylic acids is 1. The number of rotatable bonds is 6. The molecule has 1 aromatic heterocycles. The largest absolute Gasteiger partial charge is 0.497 e. The lowest BCUT2D eigenvalue weighted by atomic mass is 10.00. The van der Waals surface area contributed by atoms with Crippen molar-refractivity contribution in [2.75, 3.05) is 20.8 Å². The van der Waals surface area contributed by atoms with Crippen LogP contribution in [0.5, 0.6) is 11.5 Å². The van der Waals surface area contributed by atoms with Crippen molar-refractivity contribution in [2.24, 2.45) is 0 Å². The molecule has 0 bridgehead atoms. The number of likely N-dealkylation sites (tertiary alicyclic amines) is 1. The topological polar surface area (TPSA) is 59.0 Å². The predicted octanol–water partition coefficient (Wildman–Crippen LogP) is 4.56. The molecule has 1 aliphatic rings. The highest BCUT2D eigenvalue weighted by atomic mass is 32.1. The average molecular weight is 397 g/mol. The molecule has 1 aliphatic heterocycles. The molecule has 2 heterocycles. The number of ether oxygens (including phenoxy) is 2. The summed E-state index contributed by atoms with van der Waals surface area (Å²) >= 11 is 1.70. The molecular weight excluding hydrogens is 374 g/mol.